The second-order valence-corrected chi connectivity index (χ2v) is 5.44. The van der Waals surface area contributed by atoms with Crippen LogP contribution in [-0.2, 0) is 11.3 Å². The van der Waals surface area contributed by atoms with E-state index in [9.17, 15) is 4.79 Å². The van der Waals surface area contributed by atoms with E-state index >= 15 is 0 Å². The van der Waals surface area contributed by atoms with Crippen LogP contribution in [0.15, 0.2) is 22.7 Å². The number of carboxylic acids is 1. The zero-order valence-corrected chi connectivity index (χ0v) is 12.6. The molecule has 1 rings (SSSR count). The van der Waals surface area contributed by atoms with Gasteiger partial charge in [-0.15, -0.1) is 0 Å². The average Bonchev–Trinajstić information content (AvgIpc) is 2.31. The number of aliphatic carboxylic acids is 1. The zero-order valence-electron chi connectivity index (χ0n) is 10.2. The number of carbonyl (C=O) groups is 1. The number of hydrogen-bond acceptors (Lipinski definition) is 2. The van der Waals surface area contributed by atoms with Crippen molar-refractivity contribution in [3.8, 4) is 0 Å². The van der Waals surface area contributed by atoms with Crippen LogP contribution >= 0.6 is 27.5 Å². The molecule has 0 spiro atoms. The van der Waals surface area contributed by atoms with E-state index in [1.807, 2.05) is 6.07 Å². The van der Waals surface area contributed by atoms with Crippen molar-refractivity contribution >= 4 is 33.5 Å². The number of nitrogens with one attached hydrogen (secondary N) is 1. The van der Waals surface area contributed by atoms with Gasteiger partial charge in [0.05, 0.1) is 0 Å². The molecule has 0 heterocycles. The smallest absolute Gasteiger partial charge is 0.320 e. The molecule has 1 aromatic carbocycles. The molecule has 0 aliphatic heterocycles. The predicted molar refractivity (Wildman–Crippen MR) is 76.9 cm³/mol. The van der Waals surface area contributed by atoms with Gasteiger partial charge in [0.1, 0.15) is 6.04 Å². The average molecular weight is 335 g/mol. The monoisotopic (exact) mass is 333 g/mol. The Kier molecular flexibility index (Phi) is 6.68. The third-order valence-corrected chi connectivity index (χ3v) is 3.67. The summed E-state index contributed by atoms with van der Waals surface area (Å²) >= 11 is 9.27. The van der Waals surface area contributed by atoms with Crippen LogP contribution < -0.4 is 5.32 Å². The molecule has 0 radical (unpaired) electrons. The fraction of sp³-hybridized carbons (Fsp3) is 0.462. The molecule has 1 unspecified atom stereocenters. The summed E-state index contributed by atoms with van der Waals surface area (Å²) in [5.41, 5.74) is 1.00. The fourth-order valence-corrected chi connectivity index (χ4v) is 2.44. The molecule has 1 aromatic rings. The summed E-state index contributed by atoms with van der Waals surface area (Å²) in [4.78, 5) is 11.1. The van der Waals surface area contributed by atoms with Crippen LogP contribution in [0.1, 0.15) is 31.7 Å². The van der Waals surface area contributed by atoms with E-state index in [1.54, 1.807) is 12.1 Å². The van der Waals surface area contributed by atoms with Gasteiger partial charge in [0, 0.05) is 16.0 Å². The largest absolute Gasteiger partial charge is 0.480 e. The van der Waals surface area contributed by atoms with Gasteiger partial charge in [-0.05, 0) is 24.1 Å². The number of halogens is 2. The van der Waals surface area contributed by atoms with Crippen molar-refractivity contribution in [2.75, 3.05) is 0 Å². The van der Waals surface area contributed by atoms with Gasteiger partial charge >= 0.3 is 5.97 Å². The lowest BCUT2D eigenvalue weighted by Crippen LogP contribution is -2.36. The van der Waals surface area contributed by atoms with Crippen LogP contribution in [0.3, 0.4) is 0 Å². The molecule has 100 valence electrons. The molecule has 18 heavy (non-hydrogen) atoms. The van der Waals surface area contributed by atoms with Gasteiger partial charge < -0.3 is 10.4 Å². The summed E-state index contributed by atoms with van der Waals surface area (Å²) in [6.07, 6.45) is 2.55. The number of unbranched alkanes of at least 4 members (excludes halogenated alkanes) is 1. The molecule has 0 fully saturated rings. The molecule has 0 saturated carbocycles. The molecule has 1 atom stereocenters. The second kappa shape index (κ2) is 7.77. The lowest BCUT2D eigenvalue weighted by atomic mass is 10.1. The van der Waals surface area contributed by atoms with E-state index in [2.05, 4.69) is 28.2 Å². The van der Waals surface area contributed by atoms with Crippen LogP contribution in [0.4, 0.5) is 0 Å². The molecule has 0 aliphatic rings. The van der Waals surface area contributed by atoms with Crippen molar-refractivity contribution < 1.29 is 9.90 Å². The summed E-state index contributed by atoms with van der Waals surface area (Å²) in [5.74, 6) is -0.798. The molecule has 5 heteroatoms. The maximum absolute atomic E-state index is 11.1. The van der Waals surface area contributed by atoms with Gasteiger partial charge in [0.25, 0.3) is 0 Å². The fourth-order valence-electron chi connectivity index (χ4n) is 1.62. The summed E-state index contributed by atoms with van der Waals surface area (Å²) in [5, 5.41) is 12.8. The minimum Gasteiger partial charge on any atom is -0.480 e. The maximum atomic E-state index is 11.1. The van der Waals surface area contributed by atoms with Gasteiger partial charge in [0.15, 0.2) is 0 Å². The van der Waals surface area contributed by atoms with E-state index in [1.165, 1.54) is 0 Å². The predicted octanol–water partition coefficient (Wildman–Crippen LogP) is 3.84. The Labute approximate surface area is 121 Å². The Morgan fingerprint density at radius 1 is 1.56 bits per heavy atom. The maximum Gasteiger partial charge on any atom is 0.320 e. The number of hydrogen-bond donors (Lipinski definition) is 2. The van der Waals surface area contributed by atoms with Gasteiger partial charge in [-0.3, -0.25) is 4.79 Å². The van der Waals surface area contributed by atoms with E-state index < -0.39 is 12.0 Å². The Morgan fingerprint density at radius 2 is 2.28 bits per heavy atom. The summed E-state index contributed by atoms with van der Waals surface area (Å²) in [7, 11) is 0. The van der Waals surface area contributed by atoms with Crippen molar-refractivity contribution in [2.45, 2.75) is 38.8 Å². The highest BCUT2D eigenvalue weighted by molar-refractivity contribution is 9.10. The summed E-state index contributed by atoms with van der Waals surface area (Å²) < 4.78 is 0.891. The van der Waals surface area contributed by atoms with Crippen molar-refractivity contribution in [2.24, 2.45) is 0 Å². The van der Waals surface area contributed by atoms with Gasteiger partial charge in [-0.1, -0.05) is 53.4 Å². The van der Waals surface area contributed by atoms with Crippen molar-refractivity contribution in [3.05, 3.63) is 33.3 Å². The highest BCUT2D eigenvalue weighted by Crippen LogP contribution is 2.21. The molecule has 0 saturated heterocycles. The Balaban J connectivity index is 2.58. The molecule has 3 nitrogen and oxygen atoms in total. The Morgan fingerprint density at radius 3 is 2.83 bits per heavy atom. The minimum atomic E-state index is -0.798. The van der Waals surface area contributed by atoms with E-state index in [-0.39, 0.29) is 0 Å². The lowest BCUT2D eigenvalue weighted by Gasteiger charge is -2.14. The summed E-state index contributed by atoms with van der Waals surface area (Å²) in [6.45, 7) is 2.56. The standard InChI is InChI=1S/C13H17BrClNO2/c1-2-3-4-12(13(17)18)16-8-9-5-6-10(15)7-11(9)14/h5-7,12,16H,2-4,8H2,1H3,(H,17,18). The normalized spacial score (nSPS) is 12.4. The third kappa shape index (κ3) is 4.96. The van der Waals surface area contributed by atoms with E-state index in [4.69, 9.17) is 16.7 Å². The number of rotatable bonds is 7. The third-order valence-electron chi connectivity index (χ3n) is 2.70. The highest BCUT2D eigenvalue weighted by atomic mass is 79.9. The molecule has 2 N–H and O–H groups in total. The highest BCUT2D eigenvalue weighted by Gasteiger charge is 2.16. The number of carboxylic acid groups (broad SMARTS) is 1. The van der Waals surface area contributed by atoms with Gasteiger partial charge in [-0.2, -0.15) is 0 Å². The second-order valence-electron chi connectivity index (χ2n) is 4.15. The zero-order chi connectivity index (χ0) is 13.5. The lowest BCUT2D eigenvalue weighted by molar-refractivity contribution is -0.139. The van der Waals surface area contributed by atoms with E-state index in [0.29, 0.717) is 18.0 Å². The quantitative estimate of drug-likeness (QED) is 0.796. The van der Waals surface area contributed by atoms with Crippen molar-refractivity contribution in [3.63, 3.8) is 0 Å². The summed E-state index contributed by atoms with van der Waals surface area (Å²) in [6, 6.07) is 5.00. The molecule has 0 amide bonds. The molecule has 0 bridgehead atoms. The van der Waals surface area contributed by atoms with Crippen LogP contribution in [0.2, 0.25) is 5.02 Å². The topological polar surface area (TPSA) is 49.3 Å². The first kappa shape index (κ1) is 15.5. The van der Waals surface area contributed by atoms with Gasteiger partial charge in [0.2, 0.25) is 0 Å². The van der Waals surface area contributed by atoms with Crippen molar-refractivity contribution in [1.29, 1.82) is 0 Å². The first-order valence-electron chi connectivity index (χ1n) is 5.94. The van der Waals surface area contributed by atoms with Gasteiger partial charge in [-0.25, -0.2) is 0 Å². The SMILES string of the molecule is CCCCC(NCc1ccc(Cl)cc1Br)C(=O)O. The van der Waals surface area contributed by atoms with Crippen LogP contribution in [0, 0.1) is 0 Å². The van der Waals surface area contributed by atoms with Crippen LogP contribution in [0.5, 0.6) is 0 Å². The van der Waals surface area contributed by atoms with Crippen LogP contribution in [-0.4, -0.2) is 17.1 Å². The number of benzene rings is 1. The first-order valence-corrected chi connectivity index (χ1v) is 7.11. The molecular formula is C13H17BrClNO2. The van der Waals surface area contributed by atoms with Crippen LogP contribution in [0.25, 0.3) is 0 Å². The molecular weight excluding hydrogens is 318 g/mol. The minimum absolute atomic E-state index is 0.493. The molecule has 0 aliphatic carbocycles. The van der Waals surface area contributed by atoms with Crippen molar-refractivity contribution in [1.82, 2.24) is 5.32 Å². The Bertz CT molecular complexity index is 412. The Hall–Kier alpha value is -0.580. The first-order chi connectivity index (χ1) is 8.54. The van der Waals surface area contributed by atoms with E-state index in [0.717, 1.165) is 22.9 Å². The molecule has 0 aromatic heterocycles.